The van der Waals surface area contributed by atoms with Gasteiger partial charge in [-0.15, -0.1) is 0 Å². The van der Waals surface area contributed by atoms with Crippen molar-refractivity contribution in [3.63, 3.8) is 0 Å². The maximum atomic E-state index is 4.19. The average Bonchev–Trinajstić information content (AvgIpc) is 2.14. The first-order valence-electron chi connectivity index (χ1n) is 5.07. The highest BCUT2D eigenvalue weighted by molar-refractivity contribution is 8.14. The van der Waals surface area contributed by atoms with Crippen molar-refractivity contribution in [2.45, 2.75) is 37.9 Å². The van der Waals surface area contributed by atoms with Crippen LogP contribution in [0.4, 0.5) is 0 Å². The van der Waals surface area contributed by atoms with Crippen LogP contribution in [0.15, 0.2) is 4.99 Å². The second-order valence-corrected chi connectivity index (χ2v) is 5.08. The molecule has 2 nitrogen and oxygen atoms in total. The number of aliphatic imine (C=N–C) groups is 1. The van der Waals surface area contributed by atoms with E-state index >= 15 is 0 Å². The Morgan fingerprint density at radius 3 is 2.77 bits per heavy atom. The van der Waals surface area contributed by atoms with Crippen molar-refractivity contribution in [1.29, 1.82) is 0 Å². The number of nitrogens with zero attached hydrogens (tertiary/aromatic N) is 1. The summed E-state index contributed by atoms with van der Waals surface area (Å²) in [5, 5.41) is 5.00. The minimum absolute atomic E-state index is 0.787. The van der Waals surface area contributed by atoms with Crippen LogP contribution in [0.2, 0.25) is 0 Å². The van der Waals surface area contributed by atoms with Crippen molar-refractivity contribution in [3.8, 4) is 0 Å². The molecule has 0 heterocycles. The zero-order chi connectivity index (χ0) is 9.68. The van der Waals surface area contributed by atoms with E-state index in [9.17, 15) is 0 Å². The van der Waals surface area contributed by atoms with E-state index in [1.54, 1.807) is 0 Å². The lowest BCUT2D eigenvalue weighted by Gasteiger charge is -2.26. The van der Waals surface area contributed by atoms with Crippen LogP contribution in [0.25, 0.3) is 0 Å². The van der Waals surface area contributed by atoms with E-state index in [4.69, 9.17) is 0 Å². The van der Waals surface area contributed by atoms with Gasteiger partial charge in [-0.1, -0.05) is 31.5 Å². The number of hydrogen-bond acceptors (Lipinski definition) is 2. The molecule has 0 spiro atoms. The van der Waals surface area contributed by atoms with Crippen LogP contribution < -0.4 is 5.32 Å². The quantitative estimate of drug-likeness (QED) is 0.519. The Kier molecular flexibility index (Phi) is 4.64. The zero-order valence-corrected chi connectivity index (χ0v) is 9.66. The Hall–Kier alpha value is -0.180. The smallest absolute Gasteiger partial charge is 0.156 e. The molecule has 0 bridgehead atoms. The lowest BCUT2D eigenvalue weighted by Crippen LogP contribution is -2.22. The summed E-state index contributed by atoms with van der Waals surface area (Å²) >= 11 is 1.91. The molecule has 1 fully saturated rings. The molecule has 0 aromatic carbocycles. The van der Waals surface area contributed by atoms with Gasteiger partial charge in [-0.3, -0.25) is 4.99 Å². The monoisotopic (exact) mass is 200 g/mol. The Morgan fingerprint density at radius 1 is 1.46 bits per heavy atom. The fourth-order valence-corrected chi connectivity index (χ4v) is 3.12. The molecule has 1 aliphatic carbocycles. The minimum atomic E-state index is 0.787. The molecule has 13 heavy (non-hydrogen) atoms. The van der Waals surface area contributed by atoms with Gasteiger partial charge in [0.25, 0.3) is 0 Å². The predicted octanol–water partition coefficient (Wildman–Crippen LogP) is 2.50. The number of nitrogens with one attached hydrogen (secondary N) is 1. The van der Waals surface area contributed by atoms with E-state index in [1.807, 2.05) is 25.9 Å². The SMILES string of the molecule is CN=C(NC)SC1CCCC(C)C1. The maximum Gasteiger partial charge on any atom is 0.156 e. The van der Waals surface area contributed by atoms with Gasteiger partial charge in [0, 0.05) is 19.3 Å². The molecule has 2 unspecified atom stereocenters. The Labute approximate surface area is 85.6 Å². The van der Waals surface area contributed by atoms with Crippen molar-refractivity contribution >= 4 is 16.9 Å². The van der Waals surface area contributed by atoms with Crippen LogP contribution in [0, 0.1) is 5.92 Å². The number of hydrogen-bond donors (Lipinski definition) is 1. The summed E-state index contributed by atoms with van der Waals surface area (Å²) in [4.78, 5) is 4.19. The molecule has 0 aliphatic heterocycles. The third-order valence-electron chi connectivity index (χ3n) is 2.58. The Bertz CT molecular complexity index is 180. The Morgan fingerprint density at radius 2 is 2.23 bits per heavy atom. The molecule has 1 aliphatic rings. The molecule has 0 saturated heterocycles. The van der Waals surface area contributed by atoms with Gasteiger partial charge < -0.3 is 5.32 Å². The van der Waals surface area contributed by atoms with Gasteiger partial charge in [-0.25, -0.2) is 0 Å². The topological polar surface area (TPSA) is 24.4 Å². The highest BCUT2D eigenvalue weighted by Gasteiger charge is 2.20. The van der Waals surface area contributed by atoms with E-state index < -0.39 is 0 Å². The summed E-state index contributed by atoms with van der Waals surface area (Å²) in [6.07, 6.45) is 5.51. The summed E-state index contributed by atoms with van der Waals surface area (Å²) in [7, 11) is 3.80. The van der Waals surface area contributed by atoms with Gasteiger partial charge in [-0.05, 0) is 18.8 Å². The molecule has 1 N–H and O–H groups in total. The zero-order valence-electron chi connectivity index (χ0n) is 8.84. The largest absolute Gasteiger partial charge is 0.368 e. The van der Waals surface area contributed by atoms with E-state index in [2.05, 4.69) is 17.2 Å². The Balaban J connectivity index is 2.35. The van der Waals surface area contributed by atoms with E-state index in [0.717, 1.165) is 16.3 Å². The molecule has 2 atom stereocenters. The molecule has 0 radical (unpaired) electrons. The van der Waals surface area contributed by atoms with Gasteiger partial charge in [0.15, 0.2) is 5.17 Å². The summed E-state index contributed by atoms with van der Waals surface area (Å²) in [5.41, 5.74) is 0. The fraction of sp³-hybridized carbons (Fsp3) is 0.900. The minimum Gasteiger partial charge on any atom is -0.368 e. The third kappa shape index (κ3) is 3.59. The standard InChI is InChI=1S/C10H20N2S/c1-8-5-4-6-9(7-8)13-10(11-2)12-3/h8-9H,4-7H2,1-3H3,(H,11,12). The summed E-state index contributed by atoms with van der Waals surface area (Å²) < 4.78 is 0. The lowest BCUT2D eigenvalue weighted by atomic mass is 9.91. The molecular weight excluding hydrogens is 180 g/mol. The van der Waals surface area contributed by atoms with Crippen LogP contribution in [-0.2, 0) is 0 Å². The van der Waals surface area contributed by atoms with E-state index in [0.29, 0.717) is 0 Å². The molecule has 3 heteroatoms. The highest BCUT2D eigenvalue weighted by atomic mass is 32.2. The molecule has 76 valence electrons. The van der Waals surface area contributed by atoms with Crippen LogP contribution >= 0.6 is 11.8 Å². The number of thioether (sulfide) groups is 1. The summed E-state index contributed by atoms with van der Waals surface area (Å²) in [5.74, 6) is 0.904. The molecule has 1 saturated carbocycles. The third-order valence-corrected chi connectivity index (χ3v) is 3.95. The van der Waals surface area contributed by atoms with Crippen LogP contribution in [0.3, 0.4) is 0 Å². The molecule has 0 aromatic heterocycles. The van der Waals surface area contributed by atoms with Crippen molar-refractivity contribution in [2.24, 2.45) is 10.9 Å². The first kappa shape index (κ1) is 10.9. The second kappa shape index (κ2) is 5.53. The lowest BCUT2D eigenvalue weighted by molar-refractivity contribution is 0.395. The second-order valence-electron chi connectivity index (χ2n) is 3.79. The number of rotatable bonds is 1. The molecular formula is C10H20N2S. The van der Waals surface area contributed by atoms with E-state index in [-0.39, 0.29) is 0 Å². The molecule has 0 amide bonds. The van der Waals surface area contributed by atoms with Crippen LogP contribution in [-0.4, -0.2) is 24.5 Å². The normalized spacial score (nSPS) is 30.2. The van der Waals surface area contributed by atoms with Crippen molar-refractivity contribution in [1.82, 2.24) is 5.32 Å². The van der Waals surface area contributed by atoms with Crippen molar-refractivity contribution in [3.05, 3.63) is 0 Å². The highest BCUT2D eigenvalue weighted by Crippen LogP contribution is 2.31. The van der Waals surface area contributed by atoms with Crippen molar-refractivity contribution in [2.75, 3.05) is 14.1 Å². The molecule has 1 rings (SSSR count). The maximum absolute atomic E-state index is 4.19. The predicted molar refractivity (Wildman–Crippen MR) is 61.4 cm³/mol. The fourth-order valence-electron chi connectivity index (χ4n) is 1.87. The summed E-state index contributed by atoms with van der Waals surface area (Å²) in [6.45, 7) is 2.36. The first-order chi connectivity index (χ1) is 6.26. The summed E-state index contributed by atoms with van der Waals surface area (Å²) in [6, 6.07) is 0. The molecule has 0 aromatic rings. The average molecular weight is 200 g/mol. The van der Waals surface area contributed by atoms with Gasteiger partial charge in [0.05, 0.1) is 0 Å². The van der Waals surface area contributed by atoms with Crippen LogP contribution in [0.5, 0.6) is 0 Å². The first-order valence-corrected chi connectivity index (χ1v) is 5.95. The van der Waals surface area contributed by atoms with Gasteiger partial charge in [0.2, 0.25) is 0 Å². The van der Waals surface area contributed by atoms with Crippen molar-refractivity contribution < 1.29 is 0 Å². The number of amidine groups is 1. The van der Waals surface area contributed by atoms with E-state index in [1.165, 1.54) is 25.7 Å². The van der Waals surface area contributed by atoms with Crippen LogP contribution in [0.1, 0.15) is 32.6 Å². The van der Waals surface area contributed by atoms with Gasteiger partial charge in [0.1, 0.15) is 0 Å². The van der Waals surface area contributed by atoms with Gasteiger partial charge in [-0.2, -0.15) is 0 Å². The van der Waals surface area contributed by atoms with Gasteiger partial charge >= 0.3 is 0 Å².